The Balaban J connectivity index is 1.50. The maximum Gasteiger partial charge on any atom is 0.131 e. The summed E-state index contributed by atoms with van der Waals surface area (Å²) in [5.74, 6) is 1.17. The zero-order valence-corrected chi connectivity index (χ0v) is 12.8. The average Bonchev–Trinajstić information content (AvgIpc) is 3.20. The van der Waals surface area contributed by atoms with Gasteiger partial charge in [0, 0.05) is 25.3 Å². The average molecular weight is 287 g/mol. The van der Waals surface area contributed by atoms with E-state index < -0.39 is 0 Å². The minimum absolute atomic E-state index is 0.427. The number of anilines is 1. The Morgan fingerprint density at radius 3 is 3.05 bits per heavy atom. The number of pyridine rings is 1. The Morgan fingerprint density at radius 1 is 1.33 bits per heavy atom. The van der Waals surface area contributed by atoms with Gasteiger partial charge in [-0.2, -0.15) is 0 Å². The van der Waals surface area contributed by atoms with E-state index in [9.17, 15) is 0 Å². The van der Waals surface area contributed by atoms with Crippen LogP contribution in [-0.4, -0.2) is 36.3 Å². The number of nitrogens with one attached hydrogen (secondary N) is 1. The number of hydrogen-bond donors (Lipinski definition) is 1. The van der Waals surface area contributed by atoms with Crippen molar-refractivity contribution in [3.05, 3.63) is 23.4 Å². The molecule has 21 heavy (non-hydrogen) atoms. The fourth-order valence-corrected chi connectivity index (χ4v) is 3.76. The van der Waals surface area contributed by atoms with Crippen molar-refractivity contribution < 1.29 is 4.74 Å². The topological polar surface area (TPSA) is 37.4 Å². The molecule has 2 aliphatic carbocycles. The molecule has 4 rings (SSSR count). The van der Waals surface area contributed by atoms with E-state index in [1.807, 2.05) is 0 Å². The standard InChI is InChI=1S/C17H25N3O/c1-12-9-13(10-18-14-5-6-14)11-19-17(12)20-7-8-21-16-4-2-3-15(16)20/h9,11,14-16,18H,2-8,10H2,1H3. The maximum atomic E-state index is 5.91. The molecule has 2 heterocycles. The zero-order valence-electron chi connectivity index (χ0n) is 12.8. The second-order valence-corrected chi connectivity index (χ2v) is 6.74. The molecule has 1 aromatic rings. The number of nitrogens with zero attached hydrogens (tertiary/aromatic N) is 2. The van der Waals surface area contributed by atoms with Crippen LogP contribution in [0.2, 0.25) is 0 Å². The van der Waals surface area contributed by atoms with Crippen LogP contribution in [0.5, 0.6) is 0 Å². The predicted molar refractivity (Wildman–Crippen MR) is 83.6 cm³/mol. The lowest BCUT2D eigenvalue weighted by Gasteiger charge is -2.39. The molecule has 0 spiro atoms. The molecule has 4 heteroatoms. The van der Waals surface area contributed by atoms with Crippen LogP contribution < -0.4 is 10.2 Å². The molecule has 0 amide bonds. The third-order valence-electron chi connectivity index (χ3n) is 5.03. The maximum absolute atomic E-state index is 5.91. The highest BCUT2D eigenvalue weighted by Crippen LogP contribution is 2.33. The molecular formula is C17H25N3O. The number of fused-ring (bicyclic) bond motifs is 1. The van der Waals surface area contributed by atoms with Crippen LogP contribution in [0.3, 0.4) is 0 Å². The first-order valence-electron chi connectivity index (χ1n) is 8.38. The van der Waals surface area contributed by atoms with Gasteiger partial charge >= 0.3 is 0 Å². The van der Waals surface area contributed by atoms with Crippen LogP contribution in [0.1, 0.15) is 43.2 Å². The number of hydrogen-bond acceptors (Lipinski definition) is 4. The van der Waals surface area contributed by atoms with E-state index in [0.29, 0.717) is 12.1 Å². The molecule has 0 bridgehead atoms. The van der Waals surface area contributed by atoms with E-state index in [-0.39, 0.29) is 0 Å². The SMILES string of the molecule is Cc1cc(CNC2CC2)cnc1N1CCOC2CCCC21. The van der Waals surface area contributed by atoms with E-state index in [1.165, 1.54) is 49.0 Å². The van der Waals surface area contributed by atoms with Gasteiger partial charge in [-0.25, -0.2) is 4.98 Å². The lowest BCUT2D eigenvalue weighted by molar-refractivity contribution is 0.0253. The number of rotatable bonds is 4. The van der Waals surface area contributed by atoms with Crippen LogP contribution in [0.4, 0.5) is 5.82 Å². The Kier molecular flexibility index (Phi) is 3.59. The highest BCUT2D eigenvalue weighted by molar-refractivity contribution is 5.49. The monoisotopic (exact) mass is 287 g/mol. The Morgan fingerprint density at radius 2 is 2.24 bits per heavy atom. The van der Waals surface area contributed by atoms with Crippen molar-refractivity contribution in [2.75, 3.05) is 18.1 Å². The van der Waals surface area contributed by atoms with Crippen LogP contribution in [0.15, 0.2) is 12.3 Å². The molecule has 1 aliphatic heterocycles. The molecule has 4 nitrogen and oxygen atoms in total. The van der Waals surface area contributed by atoms with Gasteiger partial charge in [-0.3, -0.25) is 0 Å². The molecule has 114 valence electrons. The number of morpholine rings is 1. The summed E-state index contributed by atoms with van der Waals surface area (Å²) >= 11 is 0. The third kappa shape index (κ3) is 2.79. The van der Waals surface area contributed by atoms with E-state index in [4.69, 9.17) is 9.72 Å². The zero-order chi connectivity index (χ0) is 14.2. The summed E-state index contributed by atoms with van der Waals surface area (Å²) < 4.78 is 5.91. The van der Waals surface area contributed by atoms with Crippen molar-refractivity contribution in [3.8, 4) is 0 Å². The molecule has 0 radical (unpaired) electrons. The number of ether oxygens (including phenoxy) is 1. The first-order valence-corrected chi connectivity index (χ1v) is 8.38. The second kappa shape index (κ2) is 5.58. The molecule has 2 atom stereocenters. The molecule has 1 N–H and O–H groups in total. The fourth-order valence-electron chi connectivity index (χ4n) is 3.76. The second-order valence-electron chi connectivity index (χ2n) is 6.74. The lowest BCUT2D eigenvalue weighted by atomic mass is 10.1. The summed E-state index contributed by atoms with van der Waals surface area (Å²) in [5, 5.41) is 3.56. The summed E-state index contributed by atoms with van der Waals surface area (Å²) in [4.78, 5) is 7.29. The molecule has 3 aliphatic rings. The predicted octanol–water partition coefficient (Wildman–Crippen LogP) is 2.40. The normalized spacial score (nSPS) is 28.7. The molecule has 1 saturated heterocycles. The fraction of sp³-hybridized carbons (Fsp3) is 0.706. The number of aryl methyl sites for hydroxylation is 1. The van der Waals surface area contributed by atoms with E-state index in [1.54, 1.807) is 0 Å². The highest BCUT2D eigenvalue weighted by atomic mass is 16.5. The Hall–Kier alpha value is -1.13. The Bertz CT molecular complexity index is 515. The van der Waals surface area contributed by atoms with Gasteiger partial charge in [0.1, 0.15) is 5.82 Å². The van der Waals surface area contributed by atoms with Crippen molar-refractivity contribution in [1.82, 2.24) is 10.3 Å². The van der Waals surface area contributed by atoms with Crippen molar-refractivity contribution >= 4 is 5.82 Å². The third-order valence-corrected chi connectivity index (χ3v) is 5.03. The van der Waals surface area contributed by atoms with Gasteiger partial charge < -0.3 is 15.0 Å². The molecule has 2 unspecified atom stereocenters. The van der Waals surface area contributed by atoms with Crippen molar-refractivity contribution in [2.45, 2.75) is 63.8 Å². The van der Waals surface area contributed by atoms with Crippen molar-refractivity contribution in [3.63, 3.8) is 0 Å². The van der Waals surface area contributed by atoms with Crippen LogP contribution in [-0.2, 0) is 11.3 Å². The van der Waals surface area contributed by atoms with E-state index >= 15 is 0 Å². The van der Waals surface area contributed by atoms with Crippen LogP contribution in [0.25, 0.3) is 0 Å². The summed E-state index contributed by atoms with van der Waals surface area (Å²) in [6.45, 7) is 4.97. The van der Waals surface area contributed by atoms with Gasteiger partial charge in [-0.1, -0.05) is 0 Å². The molecule has 2 saturated carbocycles. The van der Waals surface area contributed by atoms with Gasteiger partial charge in [-0.15, -0.1) is 0 Å². The first kappa shape index (κ1) is 13.5. The van der Waals surface area contributed by atoms with E-state index in [0.717, 1.165) is 25.7 Å². The number of aromatic nitrogens is 1. The first-order chi connectivity index (χ1) is 10.3. The summed E-state index contributed by atoms with van der Waals surface area (Å²) in [5.41, 5.74) is 2.61. The molecule has 1 aromatic heterocycles. The minimum atomic E-state index is 0.427. The lowest BCUT2D eigenvalue weighted by Crippen LogP contribution is -2.49. The van der Waals surface area contributed by atoms with E-state index in [2.05, 4.69) is 29.4 Å². The van der Waals surface area contributed by atoms with Gasteiger partial charge in [0.25, 0.3) is 0 Å². The summed E-state index contributed by atoms with van der Waals surface area (Å²) in [6, 6.07) is 3.60. The van der Waals surface area contributed by atoms with Gasteiger partial charge in [-0.05, 0) is 56.2 Å². The smallest absolute Gasteiger partial charge is 0.131 e. The molecule has 0 aromatic carbocycles. The quantitative estimate of drug-likeness (QED) is 0.923. The van der Waals surface area contributed by atoms with Crippen molar-refractivity contribution in [1.29, 1.82) is 0 Å². The summed E-state index contributed by atoms with van der Waals surface area (Å²) in [6.07, 6.45) is 8.89. The van der Waals surface area contributed by atoms with Gasteiger partial charge in [0.2, 0.25) is 0 Å². The molecular weight excluding hydrogens is 262 g/mol. The molecule has 3 fully saturated rings. The minimum Gasteiger partial charge on any atom is -0.374 e. The Labute approximate surface area is 126 Å². The van der Waals surface area contributed by atoms with Gasteiger partial charge in [0.05, 0.1) is 18.8 Å². The highest BCUT2D eigenvalue weighted by Gasteiger charge is 2.37. The van der Waals surface area contributed by atoms with Gasteiger partial charge in [0.15, 0.2) is 0 Å². The van der Waals surface area contributed by atoms with Crippen LogP contribution in [0, 0.1) is 6.92 Å². The summed E-state index contributed by atoms with van der Waals surface area (Å²) in [7, 11) is 0. The largest absolute Gasteiger partial charge is 0.374 e. The van der Waals surface area contributed by atoms with Crippen LogP contribution >= 0.6 is 0 Å². The van der Waals surface area contributed by atoms with Crippen molar-refractivity contribution in [2.24, 2.45) is 0 Å².